The third-order valence-corrected chi connectivity index (χ3v) is 4.30. The van der Waals surface area contributed by atoms with Crippen LogP contribution in [0.15, 0.2) is 18.5 Å². The van der Waals surface area contributed by atoms with Gasteiger partial charge in [-0.05, 0) is 36.7 Å². The second kappa shape index (κ2) is 4.65. The lowest BCUT2D eigenvalue weighted by molar-refractivity contribution is -0.0961. The molecule has 1 aromatic heterocycles. The molecule has 1 aliphatic carbocycles. The van der Waals surface area contributed by atoms with Crippen molar-refractivity contribution in [3.63, 3.8) is 0 Å². The summed E-state index contributed by atoms with van der Waals surface area (Å²) >= 11 is 0. The Morgan fingerprint density at radius 2 is 2.00 bits per heavy atom. The zero-order valence-electron chi connectivity index (χ0n) is 12.0. The van der Waals surface area contributed by atoms with Gasteiger partial charge in [-0.3, -0.25) is 4.98 Å². The van der Waals surface area contributed by atoms with Gasteiger partial charge >= 0.3 is 0 Å². The lowest BCUT2D eigenvalue weighted by Crippen LogP contribution is -2.44. The molecule has 0 aliphatic heterocycles. The highest BCUT2D eigenvalue weighted by atomic mass is 16.3. The van der Waals surface area contributed by atoms with E-state index < -0.39 is 5.60 Å². The van der Waals surface area contributed by atoms with Crippen molar-refractivity contribution in [2.75, 3.05) is 0 Å². The van der Waals surface area contributed by atoms with Crippen LogP contribution in [-0.4, -0.2) is 10.1 Å². The van der Waals surface area contributed by atoms with Crippen LogP contribution in [0.5, 0.6) is 0 Å². The molecule has 1 aromatic rings. The molecule has 0 aromatic carbocycles. The summed E-state index contributed by atoms with van der Waals surface area (Å²) in [5.74, 6) is 0.308. The highest BCUT2D eigenvalue weighted by Gasteiger charge is 2.46. The van der Waals surface area contributed by atoms with Crippen LogP contribution in [0.25, 0.3) is 0 Å². The molecule has 0 bridgehead atoms. The van der Waals surface area contributed by atoms with Gasteiger partial charge < -0.3 is 5.11 Å². The lowest BCUT2D eigenvalue weighted by atomic mass is 9.62. The van der Waals surface area contributed by atoms with Crippen molar-refractivity contribution in [3.8, 4) is 0 Å². The summed E-state index contributed by atoms with van der Waals surface area (Å²) in [4.78, 5) is 4.26. The van der Waals surface area contributed by atoms with Gasteiger partial charge in [0.15, 0.2) is 0 Å². The van der Waals surface area contributed by atoms with Crippen LogP contribution in [-0.2, 0) is 5.60 Å². The fraction of sp³-hybridized carbons (Fsp3) is 0.688. The first-order valence-corrected chi connectivity index (χ1v) is 6.98. The number of rotatable bonds is 1. The first-order chi connectivity index (χ1) is 8.34. The quantitative estimate of drug-likeness (QED) is 0.818. The van der Waals surface area contributed by atoms with E-state index in [2.05, 4.69) is 31.8 Å². The van der Waals surface area contributed by atoms with E-state index in [1.165, 1.54) is 6.42 Å². The Morgan fingerprint density at radius 1 is 1.28 bits per heavy atom. The zero-order chi connectivity index (χ0) is 13.4. The molecule has 2 nitrogen and oxygen atoms in total. The largest absolute Gasteiger partial charge is 0.385 e. The number of aryl methyl sites for hydroxylation is 1. The zero-order valence-corrected chi connectivity index (χ0v) is 12.0. The van der Waals surface area contributed by atoms with E-state index >= 15 is 0 Å². The van der Waals surface area contributed by atoms with Crippen molar-refractivity contribution < 1.29 is 5.11 Å². The van der Waals surface area contributed by atoms with E-state index in [1.807, 2.05) is 19.3 Å². The highest BCUT2D eigenvalue weighted by Crippen LogP contribution is 2.49. The molecule has 1 aliphatic rings. The Labute approximate surface area is 110 Å². The standard InChI is InChI=1S/C16H25NO/c1-12-9-13(11-17-10-12)16(18)8-6-5-7-14(16)15(2,3)4/h9-11,14,18H,5-8H2,1-4H3. The number of aliphatic hydroxyl groups is 1. The Kier molecular flexibility index (Phi) is 3.50. The third-order valence-electron chi connectivity index (χ3n) is 4.30. The minimum Gasteiger partial charge on any atom is -0.385 e. The maximum atomic E-state index is 11.2. The molecule has 2 rings (SSSR count). The van der Waals surface area contributed by atoms with Gasteiger partial charge in [0.25, 0.3) is 0 Å². The van der Waals surface area contributed by atoms with Gasteiger partial charge in [-0.2, -0.15) is 0 Å². The van der Waals surface area contributed by atoms with Crippen LogP contribution in [0, 0.1) is 18.3 Å². The van der Waals surface area contributed by atoms with Crippen molar-refractivity contribution in [2.45, 2.75) is 59.0 Å². The van der Waals surface area contributed by atoms with Crippen LogP contribution in [0.2, 0.25) is 0 Å². The van der Waals surface area contributed by atoms with E-state index in [-0.39, 0.29) is 5.41 Å². The molecule has 2 atom stereocenters. The summed E-state index contributed by atoms with van der Waals surface area (Å²) in [6, 6.07) is 2.09. The first-order valence-electron chi connectivity index (χ1n) is 6.98. The molecule has 2 heteroatoms. The Bertz CT molecular complexity index is 421. The van der Waals surface area contributed by atoms with Crippen molar-refractivity contribution >= 4 is 0 Å². The number of hydrogen-bond donors (Lipinski definition) is 1. The van der Waals surface area contributed by atoms with Crippen LogP contribution in [0.4, 0.5) is 0 Å². The number of aromatic nitrogens is 1. The molecule has 0 radical (unpaired) electrons. The van der Waals surface area contributed by atoms with E-state index in [9.17, 15) is 5.11 Å². The fourth-order valence-corrected chi connectivity index (χ4v) is 3.44. The molecular formula is C16H25NO. The molecule has 1 heterocycles. The van der Waals surface area contributed by atoms with E-state index in [1.54, 1.807) is 0 Å². The van der Waals surface area contributed by atoms with Gasteiger partial charge in [-0.25, -0.2) is 0 Å². The number of pyridine rings is 1. The monoisotopic (exact) mass is 247 g/mol. The van der Waals surface area contributed by atoms with E-state index in [0.717, 1.165) is 30.4 Å². The van der Waals surface area contributed by atoms with Crippen molar-refractivity contribution in [2.24, 2.45) is 11.3 Å². The van der Waals surface area contributed by atoms with Gasteiger partial charge in [0, 0.05) is 18.0 Å². The fourth-order valence-electron chi connectivity index (χ4n) is 3.44. The Hall–Kier alpha value is -0.890. The average Bonchev–Trinajstić information content (AvgIpc) is 2.28. The molecule has 2 unspecified atom stereocenters. The van der Waals surface area contributed by atoms with Gasteiger partial charge in [-0.1, -0.05) is 39.7 Å². The van der Waals surface area contributed by atoms with E-state index in [0.29, 0.717) is 5.92 Å². The minimum atomic E-state index is -0.699. The summed E-state index contributed by atoms with van der Waals surface area (Å²) in [6.45, 7) is 8.74. The Morgan fingerprint density at radius 3 is 2.61 bits per heavy atom. The lowest BCUT2D eigenvalue weighted by Gasteiger charge is -2.47. The molecule has 0 amide bonds. The summed E-state index contributed by atoms with van der Waals surface area (Å²) in [5, 5.41) is 11.2. The molecule has 1 N–H and O–H groups in total. The summed E-state index contributed by atoms with van der Waals surface area (Å²) in [6.07, 6.45) is 7.99. The van der Waals surface area contributed by atoms with Crippen molar-refractivity contribution in [1.82, 2.24) is 4.98 Å². The average molecular weight is 247 g/mol. The molecule has 100 valence electrons. The predicted octanol–water partition coefficient (Wildman–Crippen LogP) is 3.81. The van der Waals surface area contributed by atoms with Crippen LogP contribution in [0.3, 0.4) is 0 Å². The van der Waals surface area contributed by atoms with Crippen LogP contribution >= 0.6 is 0 Å². The maximum absolute atomic E-state index is 11.2. The van der Waals surface area contributed by atoms with Crippen molar-refractivity contribution in [3.05, 3.63) is 29.6 Å². The number of nitrogens with zero attached hydrogens (tertiary/aromatic N) is 1. The van der Waals surface area contributed by atoms with Crippen LogP contribution < -0.4 is 0 Å². The second-order valence-electron chi connectivity index (χ2n) is 6.84. The SMILES string of the molecule is Cc1cncc(C2(O)CCCCC2C(C)(C)C)c1. The molecule has 0 spiro atoms. The summed E-state index contributed by atoms with van der Waals surface area (Å²) in [5.41, 5.74) is 1.55. The second-order valence-corrected chi connectivity index (χ2v) is 6.84. The smallest absolute Gasteiger partial charge is 0.0944 e. The predicted molar refractivity (Wildman–Crippen MR) is 74.3 cm³/mol. The van der Waals surface area contributed by atoms with Crippen molar-refractivity contribution in [1.29, 1.82) is 0 Å². The van der Waals surface area contributed by atoms with Gasteiger partial charge in [0.1, 0.15) is 0 Å². The number of hydrogen-bond acceptors (Lipinski definition) is 2. The third kappa shape index (κ3) is 2.44. The minimum absolute atomic E-state index is 0.124. The van der Waals surface area contributed by atoms with Gasteiger partial charge in [0.05, 0.1) is 5.60 Å². The van der Waals surface area contributed by atoms with E-state index in [4.69, 9.17) is 0 Å². The molecule has 18 heavy (non-hydrogen) atoms. The Balaban J connectivity index is 2.42. The normalized spacial score (nSPS) is 29.3. The molecular weight excluding hydrogens is 222 g/mol. The maximum Gasteiger partial charge on any atom is 0.0944 e. The molecule has 1 saturated carbocycles. The summed E-state index contributed by atoms with van der Waals surface area (Å²) < 4.78 is 0. The highest BCUT2D eigenvalue weighted by molar-refractivity contribution is 5.25. The summed E-state index contributed by atoms with van der Waals surface area (Å²) in [7, 11) is 0. The van der Waals surface area contributed by atoms with Crippen LogP contribution in [0.1, 0.15) is 57.6 Å². The molecule has 0 saturated heterocycles. The van der Waals surface area contributed by atoms with Gasteiger partial charge in [0.2, 0.25) is 0 Å². The topological polar surface area (TPSA) is 33.1 Å². The van der Waals surface area contributed by atoms with Gasteiger partial charge in [-0.15, -0.1) is 0 Å². The first kappa shape index (κ1) is 13.5. The molecule has 1 fully saturated rings.